The van der Waals surface area contributed by atoms with Crippen LogP contribution in [0.25, 0.3) is 0 Å². The van der Waals surface area contributed by atoms with Gasteiger partial charge in [-0.05, 0) is 19.1 Å². The second-order valence-corrected chi connectivity index (χ2v) is 6.86. The average Bonchev–Trinajstić information content (AvgIpc) is 3.06. The Morgan fingerprint density at radius 3 is 3.00 bits per heavy atom. The van der Waals surface area contributed by atoms with Gasteiger partial charge in [-0.1, -0.05) is 23.1 Å². The summed E-state index contributed by atoms with van der Waals surface area (Å²) in [6.07, 6.45) is 1.63. The molecule has 2 rings (SSSR count). The third kappa shape index (κ3) is 3.97. The van der Waals surface area contributed by atoms with E-state index in [1.807, 2.05) is 19.1 Å². The largest absolute Gasteiger partial charge is 0.467 e. The lowest BCUT2D eigenvalue weighted by atomic mass is 10.4. The zero-order valence-corrected chi connectivity index (χ0v) is 13.1. The molecule has 108 valence electrons. The van der Waals surface area contributed by atoms with Gasteiger partial charge >= 0.3 is 0 Å². The van der Waals surface area contributed by atoms with E-state index in [0.717, 1.165) is 10.1 Å². The smallest absolute Gasteiger partial charge is 0.235 e. The molecule has 2 aromatic rings. The molecule has 0 aliphatic rings. The van der Waals surface area contributed by atoms with Crippen molar-refractivity contribution in [3.63, 3.8) is 0 Å². The van der Waals surface area contributed by atoms with E-state index in [2.05, 4.69) is 15.5 Å². The van der Waals surface area contributed by atoms with Crippen molar-refractivity contribution in [2.45, 2.75) is 23.1 Å². The van der Waals surface area contributed by atoms with Crippen molar-refractivity contribution in [3.05, 3.63) is 24.2 Å². The summed E-state index contributed by atoms with van der Waals surface area (Å²) in [6.45, 7) is 2.43. The second-order valence-electron chi connectivity index (χ2n) is 4.30. The number of anilines is 1. The number of thioether (sulfide) groups is 1. The summed E-state index contributed by atoms with van der Waals surface area (Å²) >= 11 is 2.84. The fourth-order valence-corrected chi connectivity index (χ4v) is 3.51. The lowest BCUT2D eigenvalue weighted by Crippen LogP contribution is -2.29. The summed E-state index contributed by atoms with van der Waals surface area (Å²) in [5.74, 6) is 0.904. The standard InChI is InChI=1S/C12H16N4O2S2/c1-8(10(17)16(2)3)19-12-15-14-11(20-12)13-7-9-5-4-6-18-9/h4-6,8H,7H2,1-3H3,(H,13,14)/t8-/m0/s1. The molecule has 0 bridgehead atoms. The first-order valence-electron chi connectivity index (χ1n) is 6.04. The molecule has 0 unspecified atom stereocenters. The third-order valence-electron chi connectivity index (χ3n) is 2.47. The first-order chi connectivity index (χ1) is 9.56. The van der Waals surface area contributed by atoms with Crippen LogP contribution in [0.1, 0.15) is 12.7 Å². The van der Waals surface area contributed by atoms with Crippen molar-refractivity contribution >= 4 is 34.1 Å². The fraction of sp³-hybridized carbons (Fsp3) is 0.417. The Labute approximate surface area is 125 Å². The van der Waals surface area contributed by atoms with E-state index in [1.54, 1.807) is 25.3 Å². The lowest BCUT2D eigenvalue weighted by Gasteiger charge is -2.14. The minimum atomic E-state index is -0.170. The number of nitrogens with zero attached hydrogens (tertiary/aromatic N) is 3. The molecule has 0 fully saturated rings. The molecule has 0 aromatic carbocycles. The number of hydrogen-bond donors (Lipinski definition) is 1. The number of furan rings is 1. The molecule has 1 amide bonds. The maximum Gasteiger partial charge on any atom is 0.235 e. The van der Waals surface area contributed by atoms with Gasteiger partial charge < -0.3 is 14.6 Å². The summed E-state index contributed by atoms with van der Waals surface area (Å²) in [5, 5.41) is 11.8. The summed E-state index contributed by atoms with van der Waals surface area (Å²) in [6, 6.07) is 3.73. The molecule has 1 N–H and O–H groups in total. The first-order valence-corrected chi connectivity index (χ1v) is 7.73. The number of nitrogens with one attached hydrogen (secondary N) is 1. The van der Waals surface area contributed by atoms with E-state index in [4.69, 9.17) is 4.42 Å². The van der Waals surface area contributed by atoms with Gasteiger partial charge in [0.05, 0.1) is 18.1 Å². The maximum atomic E-state index is 11.8. The van der Waals surface area contributed by atoms with E-state index in [9.17, 15) is 4.79 Å². The number of rotatable bonds is 6. The average molecular weight is 312 g/mol. The van der Waals surface area contributed by atoms with Gasteiger partial charge in [0.1, 0.15) is 5.76 Å². The molecule has 1 atom stereocenters. The van der Waals surface area contributed by atoms with Crippen LogP contribution in [0.3, 0.4) is 0 Å². The second kappa shape index (κ2) is 6.76. The molecule has 2 heterocycles. The van der Waals surface area contributed by atoms with Crippen LogP contribution in [0.4, 0.5) is 5.13 Å². The number of hydrogen-bond acceptors (Lipinski definition) is 7. The Morgan fingerprint density at radius 1 is 1.55 bits per heavy atom. The van der Waals surface area contributed by atoms with E-state index in [1.165, 1.54) is 23.1 Å². The van der Waals surface area contributed by atoms with Gasteiger partial charge in [0.2, 0.25) is 11.0 Å². The highest BCUT2D eigenvalue weighted by Crippen LogP contribution is 2.29. The highest BCUT2D eigenvalue weighted by molar-refractivity contribution is 8.02. The molecule has 20 heavy (non-hydrogen) atoms. The molecule has 0 aliphatic heterocycles. The topological polar surface area (TPSA) is 71.3 Å². The van der Waals surface area contributed by atoms with Crippen molar-refractivity contribution in [1.82, 2.24) is 15.1 Å². The quantitative estimate of drug-likeness (QED) is 0.825. The van der Waals surface area contributed by atoms with Gasteiger partial charge in [-0.15, -0.1) is 10.2 Å². The normalized spacial score (nSPS) is 12.2. The SMILES string of the molecule is C[C@H](Sc1nnc(NCc2ccco2)s1)C(=O)N(C)C. The monoisotopic (exact) mass is 312 g/mol. The Kier molecular flexibility index (Phi) is 5.02. The van der Waals surface area contributed by atoms with Crippen LogP contribution in [0.15, 0.2) is 27.2 Å². The van der Waals surface area contributed by atoms with Gasteiger partial charge in [0.25, 0.3) is 0 Å². The highest BCUT2D eigenvalue weighted by atomic mass is 32.2. The van der Waals surface area contributed by atoms with Crippen LogP contribution < -0.4 is 5.32 Å². The highest BCUT2D eigenvalue weighted by Gasteiger charge is 2.18. The van der Waals surface area contributed by atoms with E-state index < -0.39 is 0 Å². The zero-order valence-electron chi connectivity index (χ0n) is 11.5. The summed E-state index contributed by atoms with van der Waals surface area (Å²) in [5.41, 5.74) is 0. The Bertz CT molecular complexity index is 554. The van der Waals surface area contributed by atoms with Gasteiger partial charge in [-0.2, -0.15) is 0 Å². The Hall–Kier alpha value is -1.54. The first kappa shape index (κ1) is 14.9. The maximum absolute atomic E-state index is 11.8. The van der Waals surface area contributed by atoms with Gasteiger partial charge in [-0.3, -0.25) is 4.79 Å². The van der Waals surface area contributed by atoms with Gasteiger partial charge in [0.15, 0.2) is 4.34 Å². The van der Waals surface area contributed by atoms with Crippen LogP contribution in [0.5, 0.6) is 0 Å². The van der Waals surface area contributed by atoms with Gasteiger partial charge in [0, 0.05) is 14.1 Å². The summed E-state index contributed by atoms with van der Waals surface area (Å²) in [4.78, 5) is 13.3. The molecule has 0 radical (unpaired) electrons. The number of aromatic nitrogens is 2. The third-order valence-corrected chi connectivity index (χ3v) is 4.52. The van der Waals surface area contributed by atoms with Crippen molar-refractivity contribution in [2.75, 3.05) is 19.4 Å². The number of amides is 1. The predicted molar refractivity (Wildman–Crippen MR) is 80.0 cm³/mol. The van der Waals surface area contributed by atoms with Crippen LogP contribution in [-0.4, -0.2) is 40.3 Å². The Balaban J connectivity index is 1.87. The lowest BCUT2D eigenvalue weighted by molar-refractivity contribution is -0.127. The summed E-state index contributed by atoms with van der Waals surface area (Å²) < 4.78 is 6.00. The molecule has 8 heteroatoms. The number of carbonyl (C=O) groups excluding carboxylic acids is 1. The van der Waals surface area contributed by atoms with E-state index in [0.29, 0.717) is 11.7 Å². The van der Waals surface area contributed by atoms with Crippen molar-refractivity contribution in [3.8, 4) is 0 Å². The van der Waals surface area contributed by atoms with Crippen LogP contribution in [0, 0.1) is 0 Å². The molecule has 6 nitrogen and oxygen atoms in total. The zero-order chi connectivity index (χ0) is 14.5. The minimum Gasteiger partial charge on any atom is -0.467 e. The molecule has 0 saturated heterocycles. The van der Waals surface area contributed by atoms with Crippen LogP contribution in [0.2, 0.25) is 0 Å². The van der Waals surface area contributed by atoms with Crippen LogP contribution in [-0.2, 0) is 11.3 Å². The summed E-state index contributed by atoms with van der Waals surface area (Å²) in [7, 11) is 3.49. The molecule has 0 aliphatic carbocycles. The minimum absolute atomic E-state index is 0.0651. The molecule has 2 aromatic heterocycles. The molecule has 0 saturated carbocycles. The fourth-order valence-electron chi connectivity index (χ4n) is 1.47. The van der Waals surface area contributed by atoms with Crippen LogP contribution >= 0.6 is 23.1 Å². The van der Waals surface area contributed by atoms with E-state index >= 15 is 0 Å². The predicted octanol–water partition coefficient (Wildman–Crippen LogP) is 2.31. The van der Waals surface area contributed by atoms with Crippen molar-refractivity contribution in [2.24, 2.45) is 0 Å². The Morgan fingerprint density at radius 2 is 2.35 bits per heavy atom. The molecule has 0 spiro atoms. The number of carbonyl (C=O) groups is 1. The van der Waals surface area contributed by atoms with Crippen molar-refractivity contribution in [1.29, 1.82) is 0 Å². The molecular weight excluding hydrogens is 296 g/mol. The van der Waals surface area contributed by atoms with Crippen molar-refractivity contribution < 1.29 is 9.21 Å². The van der Waals surface area contributed by atoms with Gasteiger partial charge in [-0.25, -0.2) is 0 Å². The molecular formula is C12H16N4O2S2. The van der Waals surface area contributed by atoms with E-state index in [-0.39, 0.29) is 11.2 Å².